The quantitative estimate of drug-likeness (QED) is 0.529. The van der Waals surface area contributed by atoms with Gasteiger partial charge >= 0.3 is 5.97 Å². The maximum Gasteiger partial charge on any atom is 0.344 e. The van der Waals surface area contributed by atoms with Gasteiger partial charge in [-0.1, -0.05) is 24.3 Å². The first-order valence-corrected chi connectivity index (χ1v) is 8.41. The Hall–Kier alpha value is -3.68. The van der Waals surface area contributed by atoms with Crippen molar-refractivity contribution >= 4 is 29.3 Å². The van der Waals surface area contributed by atoms with Crippen LogP contribution in [0, 0.1) is 0 Å². The second-order valence-corrected chi connectivity index (χ2v) is 5.87. The Bertz CT molecular complexity index is 909. The van der Waals surface area contributed by atoms with Crippen molar-refractivity contribution in [1.29, 1.82) is 0 Å². The number of carbonyl (C=O) groups excluding carboxylic acids is 4. The molecule has 0 saturated carbocycles. The minimum absolute atomic E-state index is 0.127. The lowest BCUT2D eigenvalue weighted by Crippen LogP contribution is -2.32. The molecule has 3 N–H and O–H groups in total. The molecule has 2 rings (SSSR count). The molecular formula is C20H20N2O6. The van der Waals surface area contributed by atoms with Crippen LogP contribution in [0.2, 0.25) is 0 Å². The number of benzene rings is 2. The van der Waals surface area contributed by atoms with E-state index in [0.717, 1.165) is 0 Å². The smallest absolute Gasteiger partial charge is 0.344 e. The minimum atomic E-state index is -1.12. The predicted molar refractivity (Wildman–Crippen MR) is 101 cm³/mol. The van der Waals surface area contributed by atoms with Crippen LogP contribution in [-0.2, 0) is 14.3 Å². The molecule has 0 fully saturated rings. The van der Waals surface area contributed by atoms with Gasteiger partial charge in [0.1, 0.15) is 5.75 Å². The summed E-state index contributed by atoms with van der Waals surface area (Å²) in [5.74, 6) is -2.16. The molecule has 0 bridgehead atoms. The summed E-state index contributed by atoms with van der Waals surface area (Å²) >= 11 is 0. The lowest BCUT2D eigenvalue weighted by molar-refractivity contribution is -0.155. The third-order valence-electron chi connectivity index (χ3n) is 3.74. The van der Waals surface area contributed by atoms with Gasteiger partial charge in [-0.2, -0.15) is 0 Å². The van der Waals surface area contributed by atoms with E-state index in [1.165, 1.54) is 26.0 Å². The van der Waals surface area contributed by atoms with Crippen molar-refractivity contribution in [2.75, 3.05) is 11.9 Å². The summed E-state index contributed by atoms with van der Waals surface area (Å²) in [6.45, 7) is 2.27. The molecule has 146 valence electrons. The molecule has 0 aliphatic rings. The van der Waals surface area contributed by atoms with Gasteiger partial charge in [0.25, 0.3) is 11.8 Å². The average Bonchev–Trinajstić information content (AvgIpc) is 2.66. The third-order valence-corrected chi connectivity index (χ3v) is 3.74. The summed E-state index contributed by atoms with van der Waals surface area (Å²) in [6, 6.07) is 12.7. The number of rotatable bonds is 8. The van der Waals surface area contributed by atoms with Gasteiger partial charge in [-0.05, 0) is 38.1 Å². The van der Waals surface area contributed by atoms with Gasteiger partial charge in [-0.3, -0.25) is 14.4 Å². The summed E-state index contributed by atoms with van der Waals surface area (Å²) in [7, 11) is 0. The van der Waals surface area contributed by atoms with Gasteiger partial charge in [0.2, 0.25) is 0 Å². The number of Topliss-reactive ketones (excluding diaryl/α,β-unsaturated/α-hetero) is 1. The number of hydrogen-bond donors (Lipinski definition) is 2. The second kappa shape index (κ2) is 9.31. The lowest BCUT2D eigenvalue weighted by Gasteiger charge is -2.15. The third kappa shape index (κ3) is 5.41. The Balaban J connectivity index is 1.93. The molecule has 0 radical (unpaired) electrons. The summed E-state index contributed by atoms with van der Waals surface area (Å²) < 4.78 is 10.3. The molecule has 0 spiro atoms. The topological polar surface area (TPSA) is 125 Å². The van der Waals surface area contributed by atoms with Crippen LogP contribution in [0.4, 0.5) is 5.69 Å². The van der Waals surface area contributed by atoms with E-state index in [1.54, 1.807) is 36.4 Å². The van der Waals surface area contributed by atoms with Crippen molar-refractivity contribution < 1.29 is 28.7 Å². The van der Waals surface area contributed by atoms with Crippen LogP contribution in [0.25, 0.3) is 0 Å². The second-order valence-electron chi connectivity index (χ2n) is 5.87. The van der Waals surface area contributed by atoms with Crippen LogP contribution in [0.15, 0.2) is 48.5 Å². The normalized spacial score (nSPS) is 11.2. The van der Waals surface area contributed by atoms with Gasteiger partial charge in [-0.25, -0.2) is 4.79 Å². The Kier molecular flexibility index (Phi) is 6.86. The number of anilines is 1. The van der Waals surface area contributed by atoms with Crippen LogP contribution >= 0.6 is 0 Å². The number of ether oxygens (including phenoxy) is 2. The van der Waals surface area contributed by atoms with E-state index in [0.29, 0.717) is 11.3 Å². The molecular weight excluding hydrogens is 364 g/mol. The van der Waals surface area contributed by atoms with Crippen molar-refractivity contribution in [3.63, 3.8) is 0 Å². The van der Waals surface area contributed by atoms with Crippen molar-refractivity contribution in [2.24, 2.45) is 5.73 Å². The van der Waals surface area contributed by atoms with Crippen LogP contribution in [0.5, 0.6) is 5.75 Å². The van der Waals surface area contributed by atoms with E-state index in [2.05, 4.69) is 5.32 Å². The SMILES string of the molecule is CC(=O)c1ccccc1NC(=O)[C@H](C)OC(=O)COc1ccccc1C(N)=O. The molecule has 0 saturated heterocycles. The highest BCUT2D eigenvalue weighted by Gasteiger charge is 2.20. The van der Waals surface area contributed by atoms with Gasteiger partial charge < -0.3 is 20.5 Å². The zero-order chi connectivity index (χ0) is 20.7. The van der Waals surface area contributed by atoms with Gasteiger partial charge in [0.15, 0.2) is 18.5 Å². The van der Waals surface area contributed by atoms with Crippen LogP contribution in [0.1, 0.15) is 34.6 Å². The molecule has 0 aliphatic carbocycles. The highest BCUT2D eigenvalue weighted by molar-refractivity contribution is 6.04. The molecule has 0 aliphatic heterocycles. The number of hydrogen-bond acceptors (Lipinski definition) is 6. The largest absolute Gasteiger partial charge is 0.481 e. The first-order valence-electron chi connectivity index (χ1n) is 8.41. The van der Waals surface area contributed by atoms with Crippen LogP contribution in [0.3, 0.4) is 0 Å². The predicted octanol–water partition coefficient (Wildman–Crippen LogP) is 1.94. The van der Waals surface area contributed by atoms with E-state index in [1.807, 2.05) is 0 Å². The molecule has 0 heterocycles. The summed E-state index contributed by atoms with van der Waals surface area (Å²) in [4.78, 5) is 47.1. The minimum Gasteiger partial charge on any atom is -0.481 e. The fourth-order valence-electron chi connectivity index (χ4n) is 2.35. The van der Waals surface area contributed by atoms with E-state index in [9.17, 15) is 19.2 Å². The maximum atomic E-state index is 12.2. The average molecular weight is 384 g/mol. The van der Waals surface area contributed by atoms with Crippen LogP contribution in [-0.4, -0.2) is 36.3 Å². The fourth-order valence-corrected chi connectivity index (χ4v) is 2.35. The number of esters is 1. The molecule has 2 amide bonds. The van der Waals surface area contributed by atoms with Crippen molar-refractivity contribution in [2.45, 2.75) is 20.0 Å². The van der Waals surface area contributed by atoms with Gasteiger partial charge in [-0.15, -0.1) is 0 Å². The maximum absolute atomic E-state index is 12.2. The first-order chi connectivity index (χ1) is 13.3. The number of nitrogens with two attached hydrogens (primary N) is 1. The Morgan fingerprint density at radius 3 is 2.25 bits per heavy atom. The Labute approximate surface area is 161 Å². The molecule has 8 heteroatoms. The Morgan fingerprint density at radius 1 is 1.00 bits per heavy atom. The van der Waals surface area contributed by atoms with E-state index in [4.69, 9.17) is 15.2 Å². The molecule has 8 nitrogen and oxygen atoms in total. The van der Waals surface area contributed by atoms with Crippen LogP contribution < -0.4 is 15.8 Å². The first kappa shape index (κ1) is 20.6. The van der Waals surface area contributed by atoms with E-state index in [-0.39, 0.29) is 17.1 Å². The fraction of sp³-hybridized carbons (Fsp3) is 0.200. The van der Waals surface area contributed by atoms with Gasteiger partial charge in [0.05, 0.1) is 11.3 Å². The van der Waals surface area contributed by atoms with Crippen molar-refractivity contribution in [3.8, 4) is 5.75 Å². The summed E-state index contributed by atoms with van der Waals surface area (Å²) in [5, 5.41) is 2.56. The number of ketones is 1. The molecule has 1 atom stereocenters. The monoisotopic (exact) mass is 384 g/mol. The summed E-state index contributed by atoms with van der Waals surface area (Å²) in [6.07, 6.45) is -1.12. The zero-order valence-electron chi connectivity index (χ0n) is 15.4. The van der Waals surface area contributed by atoms with Crippen molar-refractivity contribution in [1.82, 2.24) is 0 Å². The summed E-state index contributed by atoms with van der Waals surface area (Å²) in [5.41, 5.74) is 6.04. The van der Waals surface area contributed by atoms with Crippen molar-refractivity contribution in [3.05, 3.63) is 59.7 Å². The number of amides is 2. The number of para-hydroxylation sites is 2. The molecule has 28 heavy (non-hydrogen) atoms. The standard InChI is InChI=1S/C20H20N2O6/c1-12(23)14-7-3-5-9-16(14)22-20(26)13(2)28-18(24)11-27-17-10-6-4-8-15(17)19(21)25/h3-10,13H,11H2,1-2H3,(H2,21,25)(H,22,26)/t13-/m0/s1. The van der Waals surface area contributed by atoms with Gasteiger partial charge in [0, 0.05) is 5.56 Å². The lowest BCUT2D eigenvalue weighted by atomic mass is 10.1. The Morgan fingerprint density at radius 2 is 1.61 bits per heavy atom. The van der Waals surface area contributed by atoms with E-state index >= 15 is 0 Å². The molecule has 0 unspecified atom stereocenters. The zero-order valence-corrected chi connectivity index (χ0v) is 15.4. The number of carbonyl (C=O) groups is 4. The number of primary amides is 1. The number of nitrogens with one attached hydrogen (secondary N) is 1. The van der Waals surface area contributed by atoms with E-state index < -0.39 is 30.5 Å². The highest BCUT2D eigenvalue weighted by atomic mass is 16.6. The highest BCUT2D eigenvalue weighted by Crippen LogP contribution is 2.18. The molecule has 2 aromatic carbocycles. The molecule has 2 aromatic rings. The molecule has 0 aromatic heterocycles.